The predicted octanol–water partition coefficient (Wildman–Crippen LogP) is 2.00. The third-order valence-electron chi connectivity index (χ3n) is 2.11. The average molecular weight is 300 g/mol. The van der Waals surface area contributed by atoms with E-state index in [0.717, 1.165) is 6.07 Å². The lowest BCUT2D eigenvalue weighted by Crippen LogP contribution is -2.21. The minimum Gasteiger partial charge on any atom is -0.481 e. The summed E-state index contributed by atoms with van der Waals surface area (Å²) in [6, 6.07) is 0.890. The topological polar surface area (TPSA) is 85.4 Å². The molecule has 0 amide bonds. The molecule has 5 nitrogen and oxygen atoms in total. The van der Waals surface area contributed by atoms with Crippen molar-refractivity contribution in [1.82, 2.24) is 4.98 Å². The number of hydrogen-bond donors (Lipinski definition) is 2. The monoisotopic (exact) mass is 300 g/mol. The molecule has 0 aliphatic rings. The van der Waals surface area contributed by atoms with E-state index in [-0.39, 0.29) is 5.69 Å². The fraction of sp³-hybridized carbons (Fsp3) is 0.400. The number of alkyl halides is 5. The molecule has 3 N–H and O–H groups in total. The Morgan fingerprint density at radius 3 is 2.45 bits per heavy atom. The van der Waals surface area contributed by atoms with Crippen LogP contribution in [0.4, 0.5) is 22.0 Å². The third-order valence-corrected chi connectivity index (χ3v) is 2.11. The van der Waals surface area contributed by atoms with Gasteiger partial charge in [-0.15, -0.1) is 13.2 Å². The van der Waals surface area contributed by atoms with E-state index in [2.05, 4.69) is 9.72 Å². The van der Waals surface area contributed by atoms with Gasteiger partial charge in [0.15, 0.2) is 5.75 Å². The molecule has 0 saturated heterocycles. The minimum absolute atomic E-state index is 0.331. The largest absolute Gasteiger partial charge is 0.573 e. The molecule has 0 aliphatic heterocycles. The van der Waals surface area contributed by atoms with Gasteiger partial charge in [0.25, 0.3) is 6.43 Å². The highest BCUT2D eigenvalue weighted by Gasteiger charge is 2.35. The molecule has 0 unspecified atom stereocenters. The Hall–Kier alpha value is -1.97. The van der Waals surface area contributed by atoms with Crippen LogP contribution in [0.3, 0.4) is 0 Å². The number of ether oxygens (including phenoxy) is 1. The van der Waals surface area contributed by atoms with Gasteiger partial charge in [-0.2, -0.15) is 0 Å². The number of aromatic nitrogens is 1. The van der Waals surface area contributed by atoms with Gasteiger partial charge < -0.3 is 15.6 Å². The normalized spacial score (nSPS) is 11.8. The number of rotatable bonds is 5. The first-order valence-corrected chi connectivity index (χ1v) is 5.12. The van der Waals surface area contributed by atoms with Crippen molar-refractivity contribution in [3.05, 3.63) is 23.0 Å². The number of aliphatic carboxylic acids is 1. The van der Waals surface area contributed by atoms with Crippen LogP contribution < -0.4 is 10.5 Å². The van der Waals surface area contributed by atoms with Crippen molar-refractivity contribution in [2.24, 2.45) is 5.73 Å². The summed E-state index contributed by atoms with van der Waals surface area (Å²) >= 11 is 0. The summed E-state index contributed by atoms with van der Waals surface area (Å²) in [6.07, 6.45) is -9.28. The molecule has 0 radical (unpaired) electrons. The molecule has 112 valence electrons. The van der Waals surface area contributed by atoms with E-state index in [1.54, 1.807) is 0 Å². The molecule has 1 aromatic heterocycles. The van der Waals surface area contributed by atoms with Gasteiger partial charge in [-0.05, 0) is 6.07 Å². The zero-order chi connectivity index (χ0) is 15.5. The number of carboxylic acids is 1. The first-order chi connectivity index (χ1) is 9.14. The number of hydrogen-bond acceptors (Lipinski definition) is 4. The van der Waals surface area contributed by atoms with Crippen molar-refractivity contribution in [3.8, 4) is 5.75 Å². The minimum atomic E-state index is -5.19. The fourth-order valence-corrected chi connectivity index (χ4v) is 1.45. The Kier molecular flexibility index (Phi) is 4.82. The summed E-state index contributed by atoms with van der Waals surface area (Å²) < 4.78 is 65.5. The summed E-state index contributed by atoms with van der Waals surface area (Å²) in [4.78, 5) is 13.7. The highest BCUT2D eigenvalue weighted by Crippen LogP contribution is 2.35. The average Bonchev–Trinajstić information content (AvgIpc) is 2.27. The summed E-state index contributed by atoms with van der Waals surface area (Å²) in [6.45, 7) is -0.541. The van der Waals surface area contributed by atoms with E-state index in [4.69, 9.17) is 10.8 Å². The van der Waals surface area contributed by atoms with Crippen molar-refractivity contribution >= 4 is 5.97 Å². The molecule has 1 heterocycles. The first-order valence-electron chi connectivity index (χ1n) is 5.12. The van der Waals surface area contributed by atoms with Gasteiger partial charge in [0.2, 0.25) is 0 Å². The molecule has 0 saturated carbocycles. The molecule has 0 aromatic carbocycles. The van der Waals surface area contributed by atoms with Gasteiger partial charge in [-0.3, -0.25) is 4.79 Å². The first kappa shape index (κ1) is 16.1. The molecule has 0 bridgehead atoms. The van der Waals surface area contributed by atoms with E-state index in [1.165, 1.54) is 0 Å². The summed E-state index contributed by atoms with van der Waals surface area (Å²) in [5.41, 5.74) is 3.15. The Bertz CT molecular complexity index is 504. The van der Waals surface area contributed by atoms with Gasteiger partial charge in [0, 0.05) is 12.1 Å². The Labute approximate surface area is 109 Å². The summed E-state index contributed by atoms with van der Waals surface area (Å²) in [5.74, 6) is -2.56. The molecule has 0 aliphatic carbocycles. The summed E-state index contributed by atoms with van der Waals surface area (Å²) in [7, 11) is 0. The molecule has 10 heteroatoms. The second-order valence-corrected chi connectivity index (χ2v) is 3.61. The lowest BCUT2D eigenvalue weighted by molar-refractivity contribution is -0.275. The second kappa shape index (κ2) is 5.99. The SMILES string of the molecule is NCc1cc(CC(=O)O)nc(C(F)F)c1OC(F)(F)F. The lowest BCUT2D eigenvalue weighted by atomic mass is 10.1. The third kappa shape index (κ3) is 4.30. The van der Waals surface area contributed by atoms with Crippen LogP contribution in [0.2, 0.25) is 0 Å². The predicted molar refractivity (Wildman–Crippen MR) is 55.1 cm³/mol. The van der Waals surface area contributed by atoms with E-state index >= 15 is 0 Å². The Morgan fingerprint density at radius 1 is 1.45 bits per heavy atom. The van der Waals surface area contributed by atoms with Crippen molar-refractivity contribution in [3.63, 3.8) is 0 Å². The van der Waals surface area contributed by atoms with E-state index in [9.17, 15) is 26.7 Å². The molecule has 20 heavy (non-hydrogen) atoms. The number of nitrogens with two attached hydrogens (primary N) is 1. The van der Waals surface area contributed by atoms with E-state index in [0.29, 0.717) is 0 Å². The fourth-order valence-electron chi connectivity index (χ4n) is 1.45. The second-order valence-electron chi connectivity index (χ2n) is 3.61. The molecule has 0 fully saturated rings. The van der Waals surface area contributed by atoms with Crippen LogP contribution in [0.25, 0.3) is 0 Å². The van der Waals surface area contributed by atoms with Gasteiger partial charge in [0.05, 0.1) is 12.1 Å². The van der Waals surface area contributed by atoms with Crippen molar-refractivity contribution in [2.45, 2.75) is 25.8 Å². The number of carbonyl (C=O) groups is 1. The molecule has 1 aromatic rings. The van der Waals surface area contributed by atoms with Gasteiger partial charge in [-0.1, -0.05) is 0 Å². The van der Waals surface area contributed by atoms with Gasteiger partial charge >= 0.3 is 12.3 Å². The highest BCUT2D eigenvalue weighted by molar-refractivity contribution is 5.69. The van der Waals surface area contributed by atoms with Crippen LogP contribution in [-0.4, -0.2) is 22.4 Å². The summed E-state index contributed by atoms with van der Waals surface area (Å²) in [5, 5.41) is 8.55. The maximum Gasteiger partial charge on any atom is 0.573 e. The highest BCUT2D eigenvalue weighted by atomic mass is 19.4. The van der Waals surface area contributed by atoms with Crippen LogP contribution in [0.15, 0.2) is 6.07 Å². The molecular formula is C10H9F5N2O3. The number of pyridine rings is 1. The zero-order valence-corrected chi connectivity index (χ0v) is 9.75. The van der Waals surface area contributed by atoms with E-state index in [1.807, 2.05) is 0 Å². The van der Waals surface area contributed by atoms with Crippen LogP contribution in [0.1, 0.15) is 23.4 Å². The van der Waals surface area contributed by atoms with Crippen LogP contribution in [0, 0.1) is 0 Å². The van der Waals surface area contributed by atoms with E-state index < -0.39 is 48.7 Å². The van der Waals surface area contributed by atoms with Crippen molar-refractivity contribution < 1.29 is 36.6 Å². The number of nitrogens with zero attached hydrogens (tertiary/aromatic N) is 1. The van der Waals surface area contributed by atoms with Crippen LogP contribution >= 0.6 is 0 Å². The Morgan fingerprint density at radius 2 is 2.05 bits per heavy atom. The number of carboxylic acid groups (broad SMARTS) is 1. The molecular weight excluding hydrogens is 291 g/mol. The van der Waals surface area contributed by atoms with Crippen molar-refractivity contribution in [2.75, 3.05) is 0 Å². The lowest BCUT2D eigenvalue weighted by Gasteiger charge is -2.16. The maximum atomic E-state index is 12.7. The van der Waals surface area contributed by atoms with Gasteiger partial charge in [-0.25, -0.2) is 13.8 Å². The Balaban J connectivity index is 3.36. The van der Waals surface area contributed by atoms with Crippen LogP contribution in [0.5, 0.6) is 5.75 Å². The smallest absolute Gasteiger partial charge is 0.481 e. The number of halogens is 5. The quantitative estimate of drug-likeness (QED) is 0.812. The molecule has 0 atom stereocenters. The molecule has 1 rings (SSSR count). The molecule has 0 spiro atoms. The van der Waals surface area contributed by atoms with Crippen molar-refractivity contribution in [1.29, 1.82) is 0 Å². The maximum absolute atomic E-state index is 12.7. The van der Waals surface area contributed by atoms with Gasteiger partial charge in [0.1, 0.15) is 5.69 Å². The van der Waals surface area contributed by atoms with Crippen LogP contribution in [-0.2, 0) is 17.8 Å². The standard InChI is InChI=1S/C10H9F5N2O3/c11-9(12)7-8(20-10(13,14)15)4(3-16)1-5(17-7)2-6(18)19/h1,9H,2-3,16H2,(H,18,19). The zero-order valence-electron chi connectivity index (χ0n) is 9.75.